The van der Waals surface area contributed by atoms with Gasteiger partial charge in [-0.05, 0) is 67.2 Å². The van der Waals surface area contributed by atoms with Crippen LogP contribution in [0.3, 0.4) is 0 Å². The first-order chi connectivity index (χ1) is 22.9. The van der Waals surface area contributed by atoms with Gasteiger partial charge in [0.2, 0.25) is 11.8 Å². The lowest BCUT2D eigenvalue weighted by Crippen LogP contribution is -2.48. The van der Waals surface area contributed by atoms with Crippen molar-refractivity contribution < 1.29 is 24.2 Å². The Labute approximate surface area is 279 Å². The highest BCUT2D eigenvalue weighted by atomic mass is 16.5. The van der Waals surface area contributed by atoms with Crippen molar-refractivity contribution in [3.63, 3.8) is 0 Å². The van der Waals surface area contributed by atoms with Gasteiger partial charge >= 0.3 is 5.97 Å². The van der Waals surface area contributed by atoms with Crippen molar-refractivity contribution in [2.45, 2.75) is 70.0 Å². The molecule has 1 aliphatic rings. The maximum atomic E-state index is 13.8. The Morgan fingerprint density at radius 3 is 2.15 bits per heavy atom. The average molecular weight is 637 g/mol. The molecule has 0 spiro atoms. The Balaban J connectivity index is 1.44. The predicted octanol–water partition coefficient (Wildman–Crippen LogP) is 6.00. The van der Waals surface area contributed by atoms with Crippen LogP contribution in [0.4, 0.5) is 0 Å². The highest BCUT2D eigenvalue weighted by Crippen LogP contribution is 2.25. The molecule has 0 unspecified atom stereocenters. The number of allylic oxidation sites excluding steroid dienone is 2. The smallest absolute Gasteiger partial charge is 0.309 e. The van der Waals surface area contributed by atoms with Gasteiger partial charge in [0.25, 0.3) is 0 Å². The second kappa shape index (κ2) is 18.6. The van der Waals surface area contributed by atoms with Crippen LogP contribution in [0, 0.1) is 11.8 Å². The molecule has 7 heteroatoms. The van der Waals surface area contributed by atoms with Gasteiger partial charge in [-0.15, -0.1) is 13.2 Å². The molecule has 3 aromatic carbocycles. The third-order valence-corrected chi connectivity index (χ3v) is 8.85. The summed E-state index contributed by atoms with van der Waals surface area (Å²) in [7, 11) is 0. The van der Waals surface area contributed by atoms with Gasteiger partial charge in [0.05, 0.1) is 30.5 Å². The van der Waals surface area contributed by atoms with Gasteiger partial charge in [-0.2, -0.15) is 0 Å². The van der Waals surface area contributed by atoms with Crippen molar-refractivity contribution in [1.82, 2.24) is 10.2 Å². The van der Waals surface area contributed by atoms with Crippen LogP contribution >= 0.6 is 0 Å². The first kappa shape index (κ1) is 35.4. The number of unbranched alkanes of at least 4 members (excludes halogenated alkanes) is 1. The van der Waals surface area contributed by atoms with E-state index in [0.717, 1.165) is 35.1 Å². The Morgan fingerprint density at radius 1 is 0.872 bits per heavy atom. The van der Waals surface area contributed by atoms with E-state index in [0.29, 0.717) is 38.6 Å². The summed E-state index contributed by atoms with van der Waals surface area (Å²) >= 11 is 0. The number of carbonyl (C=O) groups is 3. The number of ether oxygens (including phenoxy) is 1. The number of nitrogens with one attached hydrogen (secondary N) is 1. The summed E-state index contributed by atoms with van der Waals surface area (Å²) in [4.78, 5) is 42.5. The molecule has 47 heavy (non-hydrogen) atoms. The van der Waals surface area contributed by atoms with Gasteiger partial charge in [0.1, 0.15) is 6.61 Å². The number of nitrogens with zero attached hydrogens (tertiary/aromatic N) is 1. The number of rotatable bonds is 18. The van der Waals surface area contributed by atoms with E-state index < -0.39 is 12.0 Å². The van der Waals surface area contributed by atoms with Crippen molar-refractivity contribution in [3.8, 4) is 0 Å². The number of hydrogen-bond donors (Lipinski definition) is 2. The molecule has 7 nitrogen and oxygen atoms in total. The van der Waals surface area contributed by atoms with E-state index >= 15 is 0 Å². The van der Waals surface area contributed by atoms with E-state index in [2.05, 4.69) is 18.5 Å². The second-order valence-electron chi connectivity index (χ2n) is 12.4. The Kier molecular flexibility index (Phi) is 14.0. The van der Waals surface area contributed by atoms with E-state index in [-0.39, 0.29) is 49.4 Å². The number of fused-ring (bicyclic) bond motifs is 1. The molecule has 0 aromatic heterocycles. The van der Waals surface area contributed by atoms with E-state index in [9.17, 15) is 19.5 Å². The molecule has 0 saturated heterocycles. The molecule has 0 fully saturated rings. The van der Waals surface area contributed by atoms with Crippen LogP contribution in [0.25, 0.3) is 0 Å². The highest BCUT2D eigenvalue weighted by Gasteiger charge is 2.32. The van der Waals surface area contributed by atoms with Crippen molar-refractivity contribution in [3.05, 3.63) is 132 Å². The van der Waals surface area contributed by atoms with Gasteiger partial charge in [-0.3, -0.25) is 14.4 Å². The fourth-order valence-corrected chi connectivity index (χ4v) is 6.24. The molecule has 0 aliphatic carbocycles. The van der Waals surface area contributed by atoms with Crippen LogP contribution in [0.2, 0.25) is 0 Å². The monoisotopic (exact) mass is 636 g/mol. The summed E-state index contributed by atoms with van der Waals surface area (Å²) < 4.78 is 5.92. The molecule has 4 rings (SSSR count). The number of aliphatic hydroxyl groups is 1. The van der Waals surface area contributed by atoms with E-state index in [1.807, 2.05) is 91.0 Å². The van der Waals surface area contributed by atoms with E-state index in [1.54, 1.807) is 11.0 Å². The maximum Gasteiger partial charge on any atom is 0.309 e. The molecule has 1 heterocycles. The summed E-state index contributed by atoms with van der Waals surface area (Å²) in [6, 6.07) is 26.7. The first-order valence-electron chi connectivity index (χ1n) is 16.7. The maximum absolute atomic E-state index is 13.8. The Morgan fingerprint density at radius 2 is 1.51 bits per heavy atom. The Bertz CT molecular complexity index is 1460. The molecule has 1 aliphatic heterocycles. The molecule has 3 aromatic rings. The fourth-order valence-electron chi connectivity index (χ4n) is 6.24. The highest BCUT2D eigenvalue weighted by molar-refractivity contribution is 5.86. The summed E-state index contributed by atoms with van der Waals surface area (Å²) in [6.07, 6.45) is 7.73. The molecule has 0 saturated carbocycles. The third kappa shape index (κ3) is 10.8. The summed E-state index contributed by atoms with van der Waals surface area (Å²) in [5, 5.41) is 13.2. The number of hydrogen-bond acceptors (Lipinski definition) is 5. The van der Waals surface area contributed by atoms with Crippen molar-refractivity contribution in [2.24, 2.45) is 11.8 Å². The number of amides is 2. The third-order valence-electron chi connectivity index (χ3n) is 8.85. The first-order valence-corrected chi connectivity index (χ1v) is 16.7. The fraction of sp³-hybridized carbons (Fsp3) is 0.375. The summed E-state index contributed by atoms with van der Waals surface area (Å²) in [5.41, 5.74) is 4.24. The van der Waals surface area contributed by atoms with Crippen LogP contribution in [0.15, 0.2) is 110 Å². The SMILES string of the molecule is C=CCCC[C@H](Cc1ccccc1)C(=O)OC[C@@H](Cc1ccccc1)NC(=O)[C@H](CC=C)CC(=O)N1Cc2ccccc2C[C@H]1CO. The normalized spacial score (nSPS) is 15.9. The lowest BCUT2D eigenvalue weighted by atomic mass is 9.92. The van der Waals surface area contributed by atoms with Gasteiger partial charge in [-0.25, -0.2) is 0 Å². The topological polar surface area (TPSA) is 95.9 Å². The van der Waals surface area contributed by atoms with Gasteiger partial charge in [0, 0.05) is 13.0 Å². The lowest BCUT2D eigenvalue weighted by Gasteiger charge is -2.36. The van der Waals surface area contributed by atoms with E-state index in [1.165, 1.54) is 0 Å². The number of carbonyl (C=O) groups excluding carboxylic acids is 3. The minimum Gasteiger partial charge on any atom is -0.463 e. The minimum atomic E-state index is -0.657. The van der Waals surface area contributed by atoms with Crippen molar-refractivity contribution in [1.29, 1.82) is 0 Å². The molecule has 0 radical (unpaired) electrons. The molecule has 2 N–H and O–H groups in total. The van der Waals surface area contributed by atoms with Gasteiger partial charge in [-0.1, -0.05) is 97.1 Å². The second-order valence-corrected chi connectivity index (χ2v) is 12.4. The van der Waals surface area contributed by atoms with Gasteiger partial charge < -0.3 is 20.1 Å². The van der Waals surface area contributed by atoms with Crippen LogP contribution in [0.1, 0.15) is 54.4 Å². The average Bonchev–Trinajstić information content (AvgIpc) is 3.10. The van der Waals surface area contributed by atoms with Crippen LogP contribution in [0.5, 0.6) is 0 Å². The largest absolute Gasteiger partial charge is 0.463 e. The zero-order chi connectivity index (χ0) is 33.4. The Hall–Kier alpha value is -4.49. The number of benzene rings is 3. The van der Waals surface area contributed by atoms with E-state index in [4.69, 9.17) is 4.74 Å². The van der Waals surface area contributed by atoms with Crippen LogP contribution in [-0.4, -0.2) is 53.1 Å². The lowest BCUT2D eigenvalue weighted by molar-refractivity contribution is -0.150. The molecule has 2 amide bonds. The number of aliphatic hydroxyl groups excluding tert-OH is 1. The van der Waals surface area contributed by atoms with Gasteiger partial charge in [0.15, 0.2) is 0 Å². The van der Waals surface area contributed by atoms with Crippen molar-refractivity contribution in [2.75, 3.05) is 13.2 Å². The molecule has 248 valence electrons. The van der Waals surface area contributed by atoms with Crippen LogP contribution < -0.4 is 5.32 Å². The quantitative estimate of drug-likeness (QED) is 0.101. The number of esters is 1. The molecule has 0 bridgehead atoms. The zero-order valence-electron chi connectivity index (χ0n) is 27.3. The molecule has 4 atom stereocenters. The predicted molar refractivity (Wildman–Crippen MR) is 185 cm³/mol. The zero-order valence-corrected chi connectivity index (χ0v) is 27.3. The standard InChI is InChI=1S/C40H48N2O5/c1-3-5-8-21-34(23-30-16-9-6-10-17-30)40(46)47-29-36(24-31-18-11-7-12-19-31)41-39(45)33(15-4-2)26-38(44)42-27-35-22-14-13-20-32(35)25-37(42)28-43/h3-4,6-7,9-14,16-20,22,33-34,36-37,43H,1-2,5,8,15,21,23-29H2,(H,41,45)/t33-,34-,36-,37+/m1/s1. The summed E-state index contributed by atoms with van der Waals surface area (Å²) in [6.45, 7) is 7.89. The molecular formula is C40H48N2O5. The van der Waals surface area contributed by atoms with Crippen molar-refractivity contribution >= 4 is 17.8 Å². The summed E-state index contributed by atoms with van der Waals surface area (Å²) in [5.74, 6) is -1.74. The minimum absolute atomic E-state index is 0.0104. The molecular weight excluding hydrogens is 588 g/mol. The van der Waals surface area contributed by atoms with Crippen LogP contribution in [-0.2, 0) is 44.9 Å².